The minimum Gasteiger partial charge on any atom is -0.478 e. The van der Waals surface area contributed by atoms with Gasteiger partial charge in [-0.25, -0.2) is 17.9 Å². The van der Waals surface area contributed by atoms with E-state index in [0.717, 1.165) is 12.1 Å². The summed E-state index contributed by atoms with van der Waals surface area (Å²) in [6.07, 6.45) is -2.80. The Bertz CT molecular complexity index is 788. The van der Waals surface area contributed by atoms with E-state index in [2.05, 4.69) is 9.46 Å². The van der Waals surface area contributed by atoms with Crippen molar-refractivity contribution in [2.75, 3.05) is 19.8 Å². The second kappa shape index (κ2) is 7.42. The number of aromatic carboxylic acids is 1. The Kier molecular flexibility index (Phi) is 5.70. The summed E-state index contributed by atoms with van der Waals surface area (Å²) >= 11 is 0. The number of nitrogens with one attached hydrogen (secondary N) is 1. The molecule has 1 aliphatic rings. The first-order valence-electron chi connectivity index (χ1n) is 6.97. The molecule has 1 heterocycles. The molecule has 25 heavy (non-hydrogen) atoms. The van der Waals surface area contributed by atoms with E-state index < -0.39 is 38.6 Å². The lowest BCUT2D eigenvalue weighted by molar-refractivity contribution is -0.275. The molecule has 0 bridgehead atoms. The summed E-state index contributed by atoms with van der Waals surface area (Å²) in [5.74, 6) is -2.64. The van der Waals surface area contributed by atoms with Gasteiger partial charge >= 0.3 is 12.3 Å². The first-order chi connectivity index (χ1) is 11.6. The Hall–Kier alpha value is -2.11. The molecule has 7 nitrogen and oxygen atoms in total. The smallest absolute Gasteiger partial charge is 0.478 e. The number of benzene rings is 1. The molecule has 1 aromatic rings. The van der Waals surface area contributed by atoms with Gasteiger partial charge in [0.2, 0.25) is 10.0 Å². The van der Waals surface area contributed by atoms with Crippen molar-refractivity contribution in [1.29, 1.82) is 0 Å². The highest BCUT2D eigenvalue weighted by atomic mass is 32.2. The van der Waals surface area contributed by atoms with Gasteiger partial charge < -0.3 is 14.6 Å². The number of ether oxygens (including phenoxy) is 2. The average molecular weight is 381 g/mol. The topological polar surface area (TPSA) is 102 Å². The van der Waals surface area contributed by atoms with Gasteiger partial charge in [0.05, 0.1) is 18.8 Å². The summed E-state index contributed by atoms with van der Waals surface area (Å²) in [5.41, 5.74) is 0.0943. The maximum Gasteiger partial charge on any atom is 0.573 e. The molecule has 1 aliphatic heterocycles. The van der Waals surface area contributed by atoms with Gasteiger partial charge in [-0.3, -0.25) is 0 Å². The lowest BCUT2D eigenvalue weighted by Crippen LogP contribution is -2.29. The Morgan fingerprint density at radius 1 is 1.36 bits per heavy atom. The fraction of sp³-hybridized carbons (Fsp3) is 0.357. The molecule has 2 rings (SSSR count). The summed E-state index contributed by atoms with van der Waals surface area (Å²) in [6, 6.07) is 2.13. The van der Waals surface area contributed by atoms with Gasteiger partial charge in [0.15, 0.2) is 0 Å². The predicted molar refractivity (Wildman–Crippen MR) is 78.8 cm³/mol. The SMILES string of the molecule is O=C(O)c1ccc(S(=O)(=O)NCC2=CCCOC2)c(OC(F)(F)F)c1. The van der Waals surface area contributed by atoms with Gasteiger partial charge in [-0.15, -0.1) is 13.2 Å². The highest BCUT2D eigenvalue weighted by Crippen LogP contribution is 2.30. The summed E-state index contributed by atoms with van der Waals surface area (Å²) < 4.78 is 73.1. The summed E-state index contributed by atoms with van der Waals surface area (Å²) in [7, 11) is -4.37. The zero-order chi connectivity index (χ0) is 18.7. The van der Waals surface area contributed by atoms with E-state index in [1.54, 1.807) is 6.08 Å². The molecule has 0 atom stereocenters. The molecular weight excluding hydrogens is 367 g/mol. The third-order valence-corrected chi connectivity index (χ3v) is 4.62. The predicted octanol–water partition coefficient (Wildman–Crippen LogP) is 1.91. The fourth-order valence-corrected chi connectivity index (χ4v) is 3.21. The van der Waals surface area contributed by atoms with Gasteiger partial charge in [-0.05, 0) is 30.2 Å². The molecule has 0 fully saturated rings. The standard InChI is InChI=1S/C14H14F3NO6S/c15-14(16,17)24-11-6-10(13(19)20)3-4-12(11)25(21,22)18-7-9-2-1-5-23-8-9/h2-4,6,18H,1,5,7-8H2,(H,19,20). The number of alkyl halides is 3. The minimum absolute atomic E-state index is 0.144. The van der Waals surface area contributed by atoms with Crippen LogP contribution in [-0.2, 0) is 14.8 Å². The zero-order valence-corrected chi connectivity index (χ0v) is 13.5. The van der Waals surface area contributed by atoms with Crippen LogP contribution in [0.2, 0.25) is 0 Å². The third-order valence-electron chi connectivity index (χ3n) is 3.18. The van der Waals surface area contributed by atoms with Crippen molar-refractivity contribution in [1.82, 2.24) is 4.72 Å². The van der Waals surface area contributed by atoms with Crippen LogP contribution in [0.25, 0.3) is 0 Å². The molecule has 0 aromatic heterocycles. The lowest BCUT2D eigenvalue weighted by Gasteiger charge is -2.17. The first kappa shape index (κ1) is 19.2. The maximum absolute atomic E-state index is 12.5. The van der Waals surface area contributed by atoms with Crippen LogP contribution >= 0.6 is 0 Å². The van der Waals surface area contributed by atoms with Crippen LogP contribution in [0.15, 0.2) is 34.7 Å². The van der Waals surface area contributed by atoms with Gasteiger partial charge in [-0.1, -0.05) is 6.08 Å². The minimum atomic E-state index is -5.18. The molecule has 0 unspecified atom stereocenters. The van der Waals surface area contributed by atoms with Crippen molar-refractivity contribution >= 4 is 16.0 Å². The number of hydrogen-bond acceptors (Lipinski definition) is 5. The van der Waals surface area contributed by atoms with Crippen molar-refractivity contribution in [3.05, 3.63) is 35.4 Å². The summed E-state index contributed by atoms with van der Waals surface area (Å²) in [5, 5.41) is 8.85. The quantitative estimate of drug-likeness (QED) is 0.730. The van der Waals surface area contributed by atoms with Gasteiger partial charge in [0.1, 0.15) is 10.6 Å². The molecule has 0 saturated heterocycles. The summed E-state index contributed by atoms with van der Waals surface area (Å²) in [4.78, 5) is 10.1. The van der Waals surface area contributed by atoms with E-state index >= 15 is 0 Å². The number of carbonyl (C=O) groups is 1. The monoisotopic (exact) mass is 381 g/mol. The van der Waals surface area contributed by atoms with Crippen LogP contribution in [0.3, 0.4) is 0 Å². The Labute approximate surface area is 141 Å². The number of halogens is 3. The number of carboxylic acids is 1. The Morgan fingerprint density at radius 2 is 2.08 bits per heavy atom. The molecule has 2 N–H and O–H groups in total. The highest BCUT2D eigenvalue weighted by molar-refractivity contribution is 7.89. The van der Waals surface area contributed by atoms with Crippen molar-refractivity contribution in [2.45, 2.75) is 17.7 Å². The second-order valence-electron chi connectivity index (χ2n) is 5.04. The second-order valence-corrected chi connectivity index (χ2v) is 6.78. The van der Waals surface area contributed by atoms with E-state index in [9.17, 15) is 26.4 Å². The highest BCUT2D eigenvalue weighted by Gasteiger charge is 2.34. The molecule has 0 spiro atoms. The van der Waals surface area contributed by atoms with Crippen LogP contribution in [0, 0.1) is 0 Å². The van der Waals surface area contributed by atoms with E-state index in [0.29, 0.717) is 24.7 Å². The molecular formula is C14H14F3NO6S. The fourth-order valence-electron chi connectivity index (χ4n) is 2.06. The van der Waals surface area contributed by atoms with Gasteiger partial charge in [0.25, 0.3) is 0 Å². The van der Waals surface area contributed by atoms with Crippen LogP contribution in [0.5, 0.6) is 5.75 Å². The van der Waals surface area contributed by atoms with Gasteiger partial charge in [-0.2, -0.15) is 0 Å². The zero-order valence-electron chi connectivity index (χ0n) is 12.7. The van der Waals surface area contributed by atoms with Crippen LogP contribution in [-0.4, -0.2) is 45.6 Å². The molecule has 0 saturated carbocycles. The molecule has 1 aromatic carbocycles. The van der Waals surface area contributed by atoms with Gasteiger partial charge in [0, 0.05) is 6.54 Å². The van der Waals surface area contributed by atoms with Crippen molar-refractivity contribution in [2.24, 2.45) is 0 Å². The van der Waals surface area contributed by atoms with Crippen LogP contribution < -0.4 is 9.46 Å². The van der Waals surface area contributed by atoms with Crippen LogP contribution in [0.1, 0.15) is 16.8 Å². The lowest BCUT2D eigenvalue weighted by atomic mass is 10.2. The van der Waals surface area contributed by atoms with Crippen molar-refractivity contribution in [3.8, 4) is 5.75 Å². The van der Waals surface area contributed by atoms with E-state index in [1.807, 2.05) is 0 Å². The number of sulfonamides is 1. The Balaban J connectivity index is 2.31. The average Bonchev–Trinajstić information content (AvgIpc) is 2.52. The number of hydrogen-bond donors (Lipinski definition) is 2. The van der Waals surface area contributed by atoms with E-state index in [1.165, 1.54) is 0 Å². The normalized spacial score (nSPS) is 15.6. The molecule has 0 radical (unpaired) electrons. The first-order valence-corrected chi connectivity index (χ1v) is 8.45. The molecule has 0 amide bonds. The van der Waals surface area contributed by atoms with E-state index in [-0.39, 0.29) is 13.2 Å². The van der Waals surface area contributed by atoms with Crippen molar-refractivity contribution in [3.63, 3.8) is 0 Å². The van der Waals surface area contributed by atoms with E-state index in [4.69, 9.17) is 9.84 Å². The number of rotatable bonds is 6. The third kappa shape index (κ3) is 5.44. The maximum atomic E-state index is 12.5. The van der Waals surface area contributed by atoms with Crippen LogP contribution in [0.4, 0.5) is 13.2 Å². The Morgan fingerprint density at radius 3 is 2.64 bits per heavy atom. The van der Waals surface area contributed by atoms with Crippen molar-refractivity contribution < 1.29 is 41.0 Å². The molecule has 0 aliphatic carbocycles. The number of carboxylic acid groups (broad SMARTS) is 1. The largest absolute Gasteiger partial charge is 0.573 e. The molecule has 11 heteroatoms. The molecule has 138 valence electrons. The summed E-state index contributed by atoms with van der Waals surface area (Å²) in [6.45, 7) is 0.581.